The van der Waals surface area contributed by atoms with Gasteiger partial charge in [0.25, 0.3) is 0 Å². The van der Waals surface area contributed by atoms with E-state index in [1.54, 1.807) is 13.4 Å². The SMILES string of the molecule is CC.COCc1ccco1. The van der Waals surface area contributed by atoms with Gasteiger partial charge in [0.2, 0.25) is 0 Å². The van der Waals surface area contributed by atoms with E-state index in [2.05, 4.69) is 0 Å². The lowest BCUT2D eigenvalue weighted by Gasteiger charge is -1.88. The molecule has 0 atom stereocenters. The monoisotopic (exact) mass is 142 g/mol. The molecule has 0 aliphatic rings. The van der Waals surface area contributed by atoms with Gasteiger partial charge in [0, 0.05) is 7.11 Å². The van der Waals surface area contributed by atoms with Gasteiger partial charge >= 0.3 is 0 Å². The number of hydrogen-bond acceptors (Lipinski definition) is 2. The van der Waals surface area contributed by atoms with Crippen molar-refractivity contribution in [2.45, 2.75) is 20.5 Å². The highest BCUT2D eigenvalue weighted by Gasteiger charge is 1.89. The molecule has 58 valence electrons. The fraction of sp³-hybridized carbons (Fsp3) is 0.500. The van der Waals surface area contributed by atoms with Crippen LogP contribution in [0, 0.1) is 0 Å². The minimum absolute atomic E-state index is 0.562. The molecule has 0 radical (unpaired) electrons. The molecule has 1 aromatic heterocycles. The maximum Gasteiger partial charge on any atom is 0.129 e. The summed E-state index contributed by atoms with van der Waals surface area (Å²) in [6.45, 7) is 4.56. The van der Waals surface area contributed by atoms with Gasteiger partial charge in [0.15, 0.2) is 0 Å². The molecule has 1 aromatic rings. The van der Waals surface area contributed by atoms with Crippen LogP contribution in [0.3, 0.4) is 0 Å². The van der Waals surface area contributed by atoms with Crippen molar-refractivity contribution < 1.29 is 9.15 Å². The molecule has 1 heterocycles. The fourth-order valence-corrected chi connectivity index (χ4v) is 0.537. The summed E-state index contributed by atoms with van der Waals surface area (Å²) < 4.78 is 9.74. The van der Waals surface area contributed by atoms with Gasteiger partial charge in [-0.05, 0) is 12.1 Å². The van der Waals surface area contributed by atoms with Crippen molar-refractivity contribution in [2.24, 2.45) is 0 Å². The first kappa shape index (κ1) is 9.24. The number of hydrogen-bond donors (Lipinski definition) is 0. The minimum atomic E-state index is 0.562. The highest BCUT2D eigenvalue weighted by molar-refractivity contribution is 4.95. The van der Waals surface area contributed by atoms with Gasteiger partial charge in [-0.3, -0.25) is 0 Å². The smallest absolute Gasteiger partial charge is 0.129 e. The molecule has 2 nitrogen and oxygen atoms in total. The molecule has 0 spiro atoms. The Balaban J connectivity index is 0.000000371. The third-order valence-electron chi connectivity index (χ3n) is 0.867. The minimum Gasteiger partial charge on any atom is -0.467 e. The molecule has 10 heavy (non-hydrogen) atoms. The van der Waals surface area contributed by atoms with Crippen LogP contribution in [0.25, 0.3) is 0 Å². The van der Waals surface area contributed by atoms with Crippen molar-refractivity contribution in [3.8, 4) is 0 Å². The highest BCUT2D eigenvalue weighted by Crippen LogP contribution is 1.99. The molecule has 0 bridgehead atoms. The zero-order valence-electron chi connectivity index (χ0n) is 6.76. The van der Waals surface area contributed by atoms with Crippen LogP contribution in [0.4, 0.5) is 0 Å². The number of ether oxygens (including phenoxy) is 1. The maximum atomic E-state index is 4.95. The summed E-state index contributed by atoms with van der Waals surface area (Å²) in [6.07, 6.45) is 1.63. The Morgan fingerprint density at radius 1 is 1.50 bits per heavy atom. The van der Waals surface area contributed by atoms with Gasteiger partial charge in [-0.15, -0.1) is 0 Å². The highest BCUT2D eigenvalue weighted by atomic mass is 16.5. The van der Waals surface area contributed by atoms with Crippen LogP contribution in [0.1, 0.15) is 19.6 Å². The molecule has 0 amide bonds. The molecule has 0 aromatic carbocycles. The quantitative estimate of drug-likeness (QED) is 0.632. The lowest BCUT2D eigenvalue weighted by Crippen LogP contribution is -1.80. The third kappa shape index (κ3) is 3.30. The Hall–Kier alpha value is -0.760. The largest absolute Gasteiger partial charge is 0.467 e. The van der Waals surface area contributed by atoms with Gasteiger partial charge in [-0.1, -0.05) is 13.8 Å². The summed E-state index contributed by atoms with van der Waals surface area (Å²) >= 11 is 0. The predicted molar refractivity (Wildman–Crippen MR) is 40.8 cm³/mol. The van der Waals surface area contributed by atoms with Crippen LogP contribution >= 0.6 is 0 Å². The standard InChI is InChI=1S/C6H8O2.C2H6/c1-7-5-6-3-2-4-8-6;1-2/h2-4H,5H2,1H3;1-2H3. The summed E-state index contributed by atoms with van der Waals surface area (Å²) in [5.41, 5.74) is 0. The lowest BCUT2D eigenvalue weighted by atomic mass is 10.5. The molecule has 0 aliphatic carbocycles. The molecular formula is C8H14O2. The van der Waals surface area contributed by atoms with Crippen LogP contribution in [-0.4, -0.2) is 7.11 Å². The molecule has 1 rings (SSSR count). The fourth-order valence-electron chi connectivity index (χ4n) is 0.537. The van der Waals surface area contributed by atoms with Crippen molar-refractivity contribution in [1.82, 2.24) is 0 Å². The summed E-state index contributed by atoms with van der Waals surface area (Å²) in [6, 6.07) is 3.72. The topological polar surface area (TPSA) is 22.4 Å². The Labute approximate surface area is 61.8 Å². The zero-order chi connectivity index (χ0) is 7.82. The van der Waals surface area contributed by atoms with E-state index in [0.717, 1.165) is 5.76 Å². The van der Waals surface area contributed by atoms with Crippen molar-refractivity contribution in [3.63, 3.8) is 0 Å². The molecule has 0 saturated heterocycles. The normalized spacial score (nSPS) is 8.30. The van der Waals surface area contributed by atoms with Gasteiger partial charge in [0.05, 0.1) is 6.26 Å². The van der Waals surface area contributed by atoms with Crippen LogP contribution in [0.15, 0.2) is 22.8 Å². The number of rotatable bonds is 2. The molecule has 0 saturated carbocycles. The van der Waals surface area contributed by atoms with E-state index < -0.39 is 0 Å². The molecule has 0 N–H and O–H groups in total. The average Bonchev–Trinajstić information content (AvgIpc) is 2.46. The second-order valence-electron chi connectivity index (χ2n) is 1.51. The van der Waals surface area contributed by atoms with Crippen molar-refractivity contribution in [1.29, 1.82) is 0 Å². The maximum absolute atomic E-state index is 4.95. The third-order valence-corrected chi connectivity index (χ3v) is 0.867. The Morgan fingerprint density at radius 3 is 2.60 bits per heavy atom. The predicted octanol–water partition coefficient (Wildman–Crippen LogP) is 2.45. The number of furan rings is 1. The van der Waals surface area contributed by atoms with Crippen LogP contribution < -0.4 is 0 Å². The second kappa shape index (κ2) is 6.36. The van der Waals surface area contributed by atoms with E-state index >= 15 is 0 Å². The second-order valence-corrected chi connectivity index (χ2v) is 1.51. The van der Waals surface area contributed by atoms with Gasteiger partial charge < -0.3 is 9.15 Å². The van der Waals surface area contributed by atoms with Gasteiger partial charge in [0.1, 0.15) is 12.4 Å². The van der Waals surface area contributed by atoms with Crippen LogP contribution in [0.5, 0.6) is 0 Å². The van der Waals surface area contributed by atoms with Gasteiger partial charge in [-0.25, -0.2) is 0 Å². The molecular weight excluding hydrogens is 128 g/mol. The molecule has 0 fully saturated rings. The first-order chi connectivity index (χ1) is 4.93. The lowest BCUT2D eigenvalue weighted by molar-refractivity contribution is 0.164. The Bertz CT molecular complexity index is 133. The van der Waals surface area contributed by atoms with E-state index in [9.17, 15) is 0 Å². The summed E-state index contributed by atoms with van der Waals surface area (Å²) in [5.74, 6) is 0.868. The Morgan fingerprint density at radius 2 is 2.20 bits per heavy atom. The van der Waals surface area contributed by atoms with Crippen molar-refractivity contribution in [3.05, 3.63) is 24.2 Å². The van der Waals surface area contributed by atoms with Crippen LogP contribution in [0.2, 0.25) is 0 Å². The Kier molecular flexibility index (Phi) is 5.88. The summed E-state index contributed by atoms with van der Waals surface area (Å²) in [5, 5.41) is 0. The van der Waals surface area contributed by atoms with E-state index in [-0.39, 0.29) is 0 Å². The molecule has 2 heteroatoms. The van der Waals surface area contributed by atoms with Crippen molar-refractivity contribution in [2.75, 3.05) is 7.11 Å². The average molecular weight is 142 g/mol. The number of methoxy groups -OCH3 is 1. The van der Waals surface area contributed by atoms with E-state index in [1.807, 2.05) is 26.0 Å². The molecule has 0 aliphatic heterocycles. The first-order valence-electron chi connectivity index (χ1n) is 3.45. The summed E-state index contributed by atoms with van der Waals surface area (Å²) in [7, 11) is 1.64. The van der Waals surface area contributed by atoms with Crippen molar-refractivity contribution >= 4 is 0 Å². The molecule has 0 unspecified atom stereocenters. The zero-order valence-corrected chi connectivity index (χ0v) is 6.76. The van der Waals surface area contributed by atoms with E-state index in [1.165, 1.54) is 0 Å². The first-order valence-corrected chi connectivity index (χ1v) is 3.45. The van der Waals surface area contributed by atoms with E-state index in [4.69, 9.17) is 9.15 Å². The van der Waals surface area contributed by atoms with Gasteiger partial charge in [-0.2, -0.15) is 0 Å². The van der Waals surface area contributed by atoms with E-state index in [0.29, 0.717) is 6.61 Å². The summed E-state index contributed by atoms with van der Waals surface area (Å²) in [4.78, 5) is 0. The van der Waals surface area contributed by atoms with Crippen LogP contribution in [-0.2, 0) is 11.3 Å².